The molecule has 0 N–H and O–H groups in total. The molecule has 0 aliphatic carbocycles. The van der Waals surface area contributed by atoms with Crippen molar-refractivity contribution in [1.29, 1.82) is 0 Å². The van der Waals surface area contributed by atoms with Crippen LogP contribution in [0.5, 0.6) is 0 Å². The highest BCUT2D eigenvalue weighted by Gasteiger charge is 1.98. The van der Waals surface area contributed by atoms with Gasteiger partial charge in [-0.25, -0.2) is 0 Å². The fourth-order valence-electron chi connectivity index (χ4n) is 2.33. The van der Waals surface area contributed by atoms with Crippen LogP contribution in [0.3, 0.4) is 0 Å². The summed E-state index contributed by atoms with van der Waals surface area (Å²) in [6.07, 6.45) is 11.3. The molecule has 0 heteroatoms. The molecule has 2 aromatic carbocycles. The van der Waals surface area contributed by atoms with Crippen molar-refractivity contribution in [2.75, 3.05) is 0 Å². The van der Waals surface area contributed by atoms with Crippen LogP contribution in [0.2, 0.25) is 0 Å². The van der Waals surface area contributed by atoms with E-state index < -0.39 is 0 Å². The Bertz CT molecular complexity index is 703. The van der Waals surface area contributed by atoms with Crippen LogP contribution < -0.4 is 0 Å². The van der Waals surface area contributed by atoms with Gasteiger partial charge in [-0.3, -0.25) is 0 Å². The first-order chi connectivity index (χ1) is 11.7. The first-order valence-electron chi connectivity index (χ1n) is 7.84. The second kappa shape index (κ2) is 8.50. The number of hydrogen-bond donors (Lipinski definition) is 0. The molecular formula is C24H22. The molecule has 0 aromatic heterocycles. The molecule has 0 bridgehead atoms. The zero-order chi connectivity index (χ0) is 17.4. The molecule has 0 aliphatic heterocycles. The lowest BCUT2D eigenvalue weighted by Crippen LogP contribution is -1.81. The topological polar surface area (TPSA) is 0 Å². The molecule has 0 saturated heterocycles. The van der Waals surface area contributed by atoms with Gasteiger partial charge >= 0.3 is 0 Å². The van der Waals surface area contributed by atoms with E-state index in [9.17, 15) is 0 Å². The average molecular weight is 310 g/mol. The van der Waals surface area contributed by atoms with Crippen LogP contribution in [0, 0.1) is 0 Å². The Kier molecular flexibility index (Phi) is 6.10. The van der Waals surface area contributed by atoms with Crippen LogP contribution in [-0.4, -0.2) is 0 Å². The van der Waals surface area contributed by atoms with E-state index >= 15 is 0 Å². The molecule has 0 radical (unpaired) electrons. The Hall–Kier alpha value is -3.12. The van der Waals surface area contributed by atoms with E-state index in [1.807, 2.05) is 0 Å². The van der Waals surface area contributed by atoms with Gasteiger partial charge in [-0.1, -0.05) is 99.2 Å². The van der Waals surface area contributed by atoms with Crippen molar-refractivity contribution in [3.63, 3.8) is 0 Å². The van der Waals surface area contributed by atoms with E-state index in [0.717, 1.165) is 22.3 Å². The number of benzene rings is 2. The smallest absolute Gasteiger partial charge is 0.0184 e. The molecule has 0 heterocycles. The lowest BCUT2D eigenvalue weighted by molar-refractivity contribution is 1.57. The summed E-state index contributed by atoms with van der Waals surface area (Å²) < 4.78 is 0. The third-order valence-corrected chi connectivity index (χ3v) is 3.76. The predicted octanol–water partition coefficient (Wildman–Crippen LogP) is 6.86. The summed E-state index contributed by atoms with van der Waals surface area (Å²) in [5.41, 5.74) is 6.67. The Balaban J connectivity index is 2.23. The molecule has 2 aromatic rings. The second-order valence-electron chi connectivity index (χ2n) is 5.35. The average Bonchev–Trinajstić information content (AvgIpc) is 2.65. The molecule has 0 unspecified atom stereocenters. The van der Waals surface area contributed by atoms with E-state index in [0.29, 0.717) is 0 Å². The summed E-state index contributed by atoms with van der Waals surface area (Å²) in [6, 6.07) is 16.9. The molecule has 0 aliphatic rings. The van der Waals surface area contributed by atoms with Crippen molar-refractivity contribution in [3.8, 4) is 11.1 Å². The highest BCUT2D eigenvalue weighted by atomic mass is 14.0. The molecule has 0 amide bonds. The van der Waals surface area contributed by atoms with Crippen LogP contribution in [0.1, 0.15) is 11.1 Å². The monoisotopic (exact) mass is 310 g/mol. The largest absolute Gasteiger partial charge is 0.0985 e. The molecule has 0 atom stereocenters. The van der Waals surface area contributed by atoms with Gasteiger partial charge in [0.25, 0.3) is 0 Å². The van der Waals surface area contributed by atoms with Gasteiger partial charge in [-0.15, -0.1) is 0 Å². The van der Waals surface area contributed by atoms with Crippen molar-refractivity contribution in [1.82, 2.24) is 0 Å². The summed E-state index contributed by atoms with van der Waals surface area (Å²) in [4.78, 5) is 0. The summed E-state index contributed by atoms with van der Waals surface area (Å²) in [7, 11) is 0. The summed E-state index contributed by atoms with van der Waals surface area (Å²) >= 11 is 0. The molecule has 0 fully saturated rings. The van der Waals surface area contributed by atoms with Gasteiger partial charge in [0.1, 0.15) is 0 Å². The SMILES string of the molecule is C=CC(C=C)=Cc1ccc(-c2ccc(C=C(C=C)C=C)cc2)cc1. The first-order valence-corrected chi connectivity index (χ1v) is 7.84. The van der Waals surface area contributed by atoms with E-state index in [1.165, 1.54) is 11.1 Å². The lowest BCUT2D eigenvalue weighted by atomic mass is 10.0. The third kappa shape index (κ3) is 4.44. The van der Waals surface area contributed by atoms with Gasteiger partial charge in [-0.2, -0.15) is 0 Å². The summed E-state index contributed by atoms with van der Waals surface area (Å²) in [6.45, 7) is 15.1. The Morgan fingerprint density at radius 1 is 0.500 bits per heavy atom. The summed E-state index contributed by atoms with van der Waals surface area (Å²) in [5.74, 6) is 0. The van der Waals surface area contributed by atoms with E-state index in [4.69, 9.17) is 0 Å². The van der Waals surface area contributed by atoms with Gasteiger partial charge in [0.05, 0.1) is 0 Å². The van der Waals surface area contributed by atoms with Crippen molar-refractivity contribution in [2.24, 2.45) is 0 Å². The van der Waals surface area contributed by atoms with E-state index in [1.54, 1.807) is 24.3 Å². The minimum atomic E-state index is 1.01. The highest BCUT2D eigenvalue weighted by Crippen LogP contribution is 2.22. The Morgan fingerprint density at radius 2 is 0.792 bits per heavy atom. The van der Waals surface area contributed by atoms with Crippen LogP contribution in [-0.2, 0) is 0 Å². The predicted molar refractivity (Wildman–Crippen MR) is 109 cm³/mol. The normalized spacial score (nSPS) is 9.50. The third-order valence-electron chi connectivity index (χ3n) is 3.76. The van der Waals surface area contributed by atoms with Crippen LogP contribution in [0.15, 0.2) is 110 Å². The molecule has 0 spiro atoms. The molecule has 24 heavy (non-hydrogen) atoms. The number of hydrogen-bond acceptors (Lipinski definition) is 0. The lowest BCUT2D eigenvalue weighted by Gasteiger charge is -2.04. The van der Waals surface area contributed by atoms with Gasteiger partial charge < -0.3 is 0 Å². The Labute approximate surface area is 145 Å². The van der Waals surface area contributed by atoms with Gasteiger partial charge in [0.2, 0.25) is 0 Å². The molecule has 118 valence electrons. The fraction of sp³-hybridized carbons (Fsp3) is 0. The summed E-state index contributed by atoms with van der Waals surface area (Å²) in [5, 5.41) is 0. The fourth-order valence-corrected chi connectivity index (χ4v) is 2.33. The molecule has 2 rings (SSSR count). The molecular weight excluding hydrogens is 288 g/mol. The van der Waals surface area contributed by atoms with Crippen molar-refractivity contribution in [3.05, 3.63) is 121 Å². The molecule has 0 nitrogen and oxygen atoms in total. The minimum absolute atomic E-state index is 1.01. The maximum atomic E-state index is 3.78. The number of allylic oxidation sites excluding steroid dienone is 6. The van der Waals surface area contributed by atoms with Crippen molar-refractivity contribution in [2.45, 2.75) is 0 Å². The zero-order valence-corrected chi connectivity index (χ0v) is 13.9. The van der Waals surface area contributed by atoms with Crippen molar-refractivity contribution < 1.29 is 0 Å². The maximum Gasteiger partial charge on any atom is -0.0184 e. The van der Waals surface area contributed by atoms with Gasteiger partial charge in [-0.05, 0) is 45.6 Å². The quantitative estimate of drug-likeness (QED) is 0.490. The van der Waals surface area contributed by atoms with Crippen LogP contribution >= 0.6 is 0 Å². The van der Waals surface area contributed by atoms with E-state index in [-0.39, 0.29) is 0 Å². The van der Waals surface area contributed by atoms with Gasteiger partial charge in [0.15, 0.2) is 0 Å². The second-order valence-corrected chi connectivity index (χ2v) is 5.35. The minimum Gasteiger partial charge on any atom is -0.0985 e. The highest BCUT2D eigenvalue weighted by molar-refractivity contribution is 5.69. The number of rotatable bonds is 7. The van der Waals surface area contributed by atoms with Crippen LogP contribution in [0.25, 0.3) is 23.3 Å². The van der Waals surface area contributed by atoms with Gasteiger partial charge in [0, 0.05) is 0 Å². The zero-order valence-electron chi connectivity index (χ0n) is 13.9. The standard InChI is InChI=1S/C24H22/c1-5-19(6-2)17-21-9-13-23(14-10-21)24-15-11-22(12-16-24)18-20(7-3)8-4/h5-18H,1-4H2. The maximum absolute atomic E-state index is 3.78. The Morgan fingerprint density at radius 3 is 1.04 bits per heavy atom. The van der Waals surface area contributed by atoms with Crippen LogP contribution in [0.4, 0.5) is 0 Å². The molecule has 0 saturated carbocycles. The van der Waals surface area contributed by atoms with E-state index in [2.05, 4.69) is 87.0 Å². The first kappa shape index (κ1) is 17.2. The van der Waals surface area contributed by atoms with Crippen molar-refractivity contribution >= 4 is 12.2 Å².